The van der Waals surface area contributed by atoms with Crippen molar-refractivity contribution in [3.8, 4) is 22.9 Å². The quantitative estimate of drug-likeness (QED) is 0.149. The molecule has 4 aromatic carbocycles. The molecule has 12 nitrogen and oxygen atoms in total. The average molecular weight is 789 g/mol. The van der Waals surface area contributed by atoms with E-state index in [0.29, 0.717) is 31.9 Å². The highest BCUT2D eigenvalue weighted by Gasteiger charge is 2.36. The molecule has 2 aliphatic carbocycles. The molecule has 10 rings (SSSR count). The maximum absolute atomic E-state index is 14.0. The van der Waals surface area contributed by atoms with Crippen LogP contribution in [0.25, 0.3) is 11.4 Å². The lowest BCUT2D eigenvalue weighted by molar-refractivity contribution is -0.129. The lowest BCUT2D eigenvalue weighted by Gasteiger charge is -2.38. The van der Waals surface area contributed by atoms with Crippen molar-refractivity contribution in [3.63, 3.8) is 0 Å². The molecule has 2 aliphatic heterocycles. The summed E-state index contributed by atoms with van der Waals surface area (Å²) in [6.45, 7) is 2.20. The van der Waals surface area contributed by atoms with Crippen LogP contribution < -0.4 is 29.9 Å². The summed E-state index contributed by atoms with van der Waals surface area (Å²) >= 11 is 0. The molecule has 2 N–H and O–H groups in total. The summed E-state index contributed by atoms with van der Waals surface area (Å²) in [5, 5.41) is 15.2. The van der Waals surface area contributed by atoms with Crippen LogP contribution in [0.5, 0.6) is 11.5 Å². The van der Waals surface area contributed by atoms with E-state index in [1.165, 1.54) is 5.56 Å². The van der Waals surface area contributed by atoms with Crippen LogP contribution in [0.4, 0.5) is 11.4 Å². The first-order valence-electron chi connectivity index (χ1n) is 20.8. The lowest BCUT2D eigenvalue weighted by atomic mass is 9.81. The summed E-state index contributed by atoms with van der Waals surface area (Å²) in [5.41, 5.74) is 7.40. The largest absolute Gasteiger partial charge is 0.477 e. The van der Waals surface area contributed by atoms with E-state index in [9.17, 15) is 9.59 Å². The Hall–Kier alpha value is -6.56. The van der Waals surface area contributed by atoms with E-state index in [1.54, 1.807) is 12.4 Å². The number of carbonyl (C=O) groups excluding carboxylic acids is 2. The predicted molar refractivity (Wildman–Crippen MR) is 225 cm³/mol. The zero-order chi connectivity index (χ0) is 39.7. The van der Waals surface area contributed by atoms with E-state index in [2.05, 4.69) is 103 Å². The van der Waals surface area contributed by atoms with Crippen molar-refractivity contribution >= 4 is 23.2 Å². The number of amides is 2. The van der Waals surface area contributed by atoms with Crippen molar-refractivity contribution in [1.29, 1.82) is 0 Å². The van der Waals surface area contributed by atoms with Crippen molar-refractivity contribution in [2.45, 2.75) is 81.8 Å². The normalized spacial score (nSPS) is 21.1. The topological polar surface area (TPSA) is 119 Å². The standard InChI is InChI=1S/C47H48N8O4/c56-46(50-36-15-16-36)45-31-53(29-33-12-19-39(20-13-33)55-25-5-23-49-55)41-21-14-35(27-43(41)59-45)34-6-3-7-37(26-34)51-47(57)44-30-52(40-8-1-2-9-42(40)58-44)28-32-10-17-38(18-11-32)54-24-4-22-48-54/h1-2,4-5,8-14,17-25,27,34,36-37,44-45H,3,6-7,15-16,26,28-31H2,(H,50,56)(H,51,57). The number of benzene rings is 4. The summed E-state index contributed by atoms with van der Waals surface area (Å²) < 4.78 is 16.5. The molecule has 0 spiro atoms. The molecule has 6 aromatic rings. The van der Waals surface area contributed by atoms with Gasteiger partial charge < -0.3 is 29.9 Å². The Morgan fingerprint density at radius 3 is 1.78 bits per heavy atom. The number of carbonyl (C=O) groups is 2. The maximum Gasteiger partial charge on any atom is 0.263 e. The van der Waals surface area contributed by atoms with Gasteiger partial charge in [0.2, 0.25) is 0 Å². The molecular formula is C47H48N8O4. The molecule has 2 fully saturated rings. The Morgan fingerprint density at radius 2 is 1.19 bits per heavy atom. The molecule has 4 aliphatic rings. The average Bonchev–Trinajstić information content (AvgIpc) is 3.64. The third kappa shape index (κ3) is 8.12. The number of aromatic nitrogens is 4. The summed E-state index contributed by atoms with van der Waals surface area (Å²) in [4.78, 5) is 31.9. The van der Waals surface area contributed by atoms with E-state index >= 15 is 0 Å². The molecule has 2 saturated carbocycles. The van der Waals surface area contributed by atoms with Crippen LogP contribution >= 0.6 is 0 Å². The fourth-order valence-corrected chi connectivity index (χ4v) is 8.74. The van der Waals surface area contributed by atoms with Crippen LogP contribution in [-0.2, 0) is 22.7 Å². The number of ether oxygens (including phenoxy) is 2. The van der Waals surface area contributed by atoms with Crippen LogP contribution in [0, 0.1) is 0 Å². The molecule has 12 heteroatoms. The number of para-hydroxylation sites is 2. The van der Waals surface area contributed by atoms with Crippen molar-refractivity contribution in [1.82, 2.24) is 30.2 Å². The molecule has 4 atom stereocenters. The minimum absolute atomic E-state index is 0.0144. The molecule has 59 heavy (non-hydrogen) atoms. The number of hydrogen-bond donors (Lipinski definition) is 2. The van der Waals surface area contributed by atoms with Gasteiger partial charge >= 0.3 is 0 Å². The minimum Gasteiger partial charge on any atom is -0.477 e. The van der Waals surface area contributed by atoms with Crippen molar-refractivity contribution in [2.24, 2.45) is 0 Å². The number of fused-ring (bicyclic) bond motifs is 2. The summed E-state index contributed by atoms with van der Waals surface area (Å²) in [5.74, 6) is 1.54. The molecule has 4 heterocycles. The van der Waals surface area contributed by atoms with Crippen LogP contribution in [0.1, 0.15) is 61.1 Å². The zero-order valence-electron chi connectivity index (χ0n) is 32.9. The van der Waals surface area contributed by atoms with Crippen LogP contribution in [-0.4, -0.2) is 68.8 Å². The highest BCUT2D eigenvalue weighted by molar-refractivity contribution is 5.84. The third-order valence-electron chi connectivity index (χ3n) is 12.0. The number of nitrogens with one attached hydrogen (secondary N) is 2. The van der Waals surface area contributed by atoms with Crippen LogP contribution in [0.3, 0.4) is 0 Å². The van der Waals surface area contributed by atoms with Gasteiger partial charge in [-0.2, -0.15) is 10.2 Å². The van der Waals surface area contributed by atoms with Gasteiger partial charge in [0.1, 0.15) is 11.5 Å². The number of anilines is 2. The highest BCUT2D eigenvalue weighted by atomic mass is 16.5. The Labute approximate surface area is 343 Å². The molecule has 0 saturated heterocycles. The van der Waals surface area contributed by atoms with Crippen molar-refractivity contribution < 1.29 is 19.1 Å². The van der Waals surface area contributed by atoms with E-state index in [4.69, 9.17) is 9.47 Å². The van der Waals surface area contributed by atoms with Gasteiger partial charge in [-0.1, -0.05) is 48.9 Å². The van der Waals surface area contributed by atoms with E-state index in [1.807, 2.05) is 52.1 Å². The fourth-order valence-electron chi connectivity index (χ4n) is 8.74. The first kappa shape index (κ1) is 36.8. The summed E-state index contributed by atoms with van der Waals surface area (Å²) in [6, 6.07) is 35.3. The van der Waals surface area contributed by atoms with Crippen LogP contribution in [0.2, 0.25) is 0 Å². The second kappa shape index (κ2) is 16.0. The van der Waals surface area contributed by atoms with Gasteiger partial charge in [-0.25, -0.2) is 9.36 Å². The smallest absolute Gasteiger partial charge is 0.263 e. The number of nitrogens with zero attached hydrogens (tertiary/aromatic N) is 6. The first-order chi connectivity index (χ1) is 29.0. The first-order valence-corrected chi connectivity index (χ1v) is 20.8. The van der Waals surface area contributed by atoms with Gasteiger partial charge in [0.25, 0.3) is 11.8 Å². The lowest BCUT2D eigenvalue weighted by Crippen LogP contribution is -2.51. The molecular weight excluding hydrogens is 741 g/mol. The Morgan fingerprint density at radius 1 is 0.610 bits per heavy atom. The second-order valence-electron chi connectivity index (χ2n) is 16.3. The highest BCUT2D eigenvalue weighted by Crippen LogP contribution is 2.41. The number of hydrogen-bond acceptors (Lipinski definition) is 8. The van der Waals surface area contributed by atoms with Gasteiger partial charge in [0.15, 0.2) is 12.2 Å². The van der Waals surface area contributed by atoms with Gasteiger partial charge in [0, 0.05) is 50.0 Å². The molecule has 0 radical (unpaired) electrons. The van der Waals surface area contributed by atoms with E-state index in [-0.39, 0.29) is 29.8 Å². The van der Waals surface area contributed by atoms with Crippen LogP contribution in [0.15, 0.2) is 128 Å². The molecule has 300 valence electrons. The second-order valence-corrected chi connectivity index (χ2v) is 16.3. The summed E-state index contributed by atoms with van der Waals surface area (Å²) in [7, 11) is 0. The Balaban J connectivity index is 0.819. The van der Waals surface area contributed by atoms with Gasteiger partial charge in [0.05, 0.1) is 35.8 Å². The predicted octanol–water partition coefficient (Wildman–Crippen LogP) is 6.71. The van der Waals surface area contributed by atoms with E-state index in [0.717, 1.165) is 78.2 Å². The van der Waals surface area contributed by atoms with E-state index < -0.39 is 12.2 Å². The molecule has 2 amide bonds. The number of rotatable bonds is 11. The van der Waals surface area contributed by atoms with Crippen molar-refractivity contribution in [2.75, 3.05) is 22.9 Å². The summed E-state index contributed by atoms with van der Waals surface area (Å²) in [6.07, 6.45) is 11.9. The Bertz CT molecular complexity index is 2400. The maximum atomic E-state index is 14.0. The minimum atomic E-state index is -0.641. The molecule has 4 unspecified atom stereocenters. The monoisotopic (exact) mass is 788 g/mol. The van der Waals surface area contributed by atoms with Crippen molar-refractivity contribution in [3.05, 3.63) is 145 Å². The van der Waals surface area contributed by atoms with Gasteiger partial charge in [-0.15, -0.1) is 0 Å². The SMILES string of the molecule is O=C(NC1CC1)C1CN(Cc2ccc(-n3cccn3)cc2)c2ccc(C3CCCC(NC(=O)C4CN(Cc5ccc(-n6cccn6)cc5)c5ccccc5O4)C3)cc2O1. The van der Waals surface area contributed by atoms with Gasteiger partial charge in [-0.05, 0) is 115 Å². The molecule has 0 bridgehead atoms. The Kier molecular flexibility index (Phi) is 9.97. The zero-order valence-corrected chi connectivity index (χ0v) is 32.9. The fraction of sp³-hybridized carbons (Fsp3) is 0.319. The van der Waals surface area contributed by atoms with Gasteiger partial charge in [-0.3, -0.25) is 9.59 Å². The third-order valence-corrected chi connectivity index (χ3v) is 12.0. The molecule has 2 aromatic heterocycles.